The van der Waals surface area contributed by atoms with Crippen molar-refractivity contribution in [3.63, 3.8) is 0 Å². The number of benzene rings is 8. The van der Waals surface area contributed by atoms with Crippen molar-refractivity contribution in [1.82, 2.24) is 0 Å². The molecule has 0 heterocycles. The van der Waals surface area contributed by atoms with E-state index in [0.29, 0.717) is 6.61 Å². The van der Waals surface area contributed by atoms with E-state index in [9.17, 15) is 0 Å². The van der Waals surface area contributed by atoms with Gasteiger partial charge in [0.2, 0.25) is 0 Å². The molecule has 0 aliphatic rings. The van der Waals surface area contributed by atoms with Gasteiger partial charge in [0, 0.05) is 5.56 Å². The van der Waals surface area contributed by atoms with E-state index in [1.54, 1.807) is 0 Å². The minimum atomic E-state index is -1.22. The first-order chi connectivity index (χ1) is 26.3. The third-order valence-corrected chi connectivity index (χ3v) is 12.7. The van der Waals surface area contributed by atoms with Crippen molar-refractivity contribution in [3.8, 4) is 16.9 Å². The van der Waals surface area contributed by atoms with Gasteiger partial charge in [0.05, 0.1) is 14.5 Å². The highest BCUT2D eigenvalue weighted by molar-refractivity contribution is 7.79. The molecule has 0 bridgehead atoms. The van der Waals surface area contributed by atoms with E-state index in [-0.39, 0.29) is 0 Å². The Morgan fingerprint density at radius 1 is 0.358 bits per heavy atom. The zero-order valence-electron chi connectivity index (χ0n) is 30.1. The minimum Gasteiger partial charge on any atom is -0.493 e. The van der Waals surface area contributed by atoms with Crippen LogP contribution >= 0.6 is 7.92 Å². The second-order valence-electron chi connectivity index (χ2n) is 13.1. The van der Waals surface area contributed by atoms with Crippen molar-refractivity contribution in [2.24, 2.45) is 0 Å². The van der Waals surface area contributed by atoms with Crippen molar-refractivity contribution in [3.05, 3.63) is 231 Å². The SMILES string of the molecule is CCOc1ccccc1-c1ccc([PH+](c2ccccc2)c2ccccc2)cc1.c1ccc([B-](c2ccccc2)(c2ccccc2)c2ccccc2)cc1. The predicted octanol–water partition coefficient (Wildman–Crippen LogP) is 8.31. The summed E-state index contributed by atoms with van der Waals surface area (Å²) in [5.74, 6) is 0.939. The van der Waals surface area contributed by atoms with Crippen LogP contribution in [0.2, 0.25) is 0 Å². The Balaban J connectivity index is 0.000000165. The van der Waals surface area contributed by atoms with E-state index in [4.69, 9.17) is 4.74 Å². The molecule has 0 amide bonds. The zero-order valence-corrected chi connectivity index (χ0v) is 31.1. The van der Waals surface area contributed by atoms with Gasteiger partial charge in [-0.1, -0.05) is 188 Å². The summed E-state index contributed by atoms with van der Waals surface area (Å²) < 4.78 is 5.81. The van der Waals surface area contributed by atoms with Gasteiger partial charge < -0.3 is 4.74 Å². The molecule has 0 atom stereocenters. The quantitative estimate of drug-likeness (QED) is 0.103. The Labute approximate surface area is 316 Å². The molecule has 53 heavy (non-hydrogen) atoms. The number of hydrogen-bond donors (Lipinski definition) is 0. The van der Waals surface area contributed by atoms with Crippen LogP contribution in [0.5, 0.6) is 5.75 Å². The highest BCUT2D eigenvalue weighted by Gasteiger charge is 2.31. The van der Waals surface area contributed by atoms with Crippen LogP contribution in [-0.2, 0) is 0 Å². The van der Waals surface area contributed by atoms with Gasteiger partial charge in [-0.25, -0.2) is 0 Å². The normalized spacial score (nSPS) is 11.0. The maximum atomic E-state index is 5.81. The van der Waals surface area contributed by atoms with E-state index in [1.165, 1.54) is 43.3 Å². The summed E-state index contributed by atoms with van der Waals surface area (Å²) in [4.78, 5) is 0. The highest BCUT2D eigenvalue weighted by atomic mass is 31.1. The van der Waals surface area contributed by atoms with E-state index >= 15 is 0 Å². The number of rotatable bonds is 10. The van der Waals surface area contributed by atoms with Crippen LogP contribution in [0.1, 0.15) is 6.92 Å². The molecule has 8 aromatic rings. The molecule has 8 rings (SSSR count). The first-order valence-corrected chi connectivity index (χ1v) is 20.0. The molecule has 0 aliphatic carbocycles. The highest BCUT2D eigenvalue weighted by Crippen LogP contribution is 2.35. The van der Waals surface area contributed by atoms with Crippen molar-refractivity contribution in [1.29, 1.82) is 0 Å². The van der Waals surface area contributed by atoms with Gasteiger partial charge in [0.1, 0.15) is 27.8 Å². The minimum absolute atomic E-state index is 0.671. The summed E-state index contributed by atoms with van der Waals surface area (Å²) in [7, 11) is -1.03. The van der Waals surface area contributed by atoms with Gasteiger partial charge in [-0.2, -0.15) is 21.9 Å². The molecule has 0 fully saturated rings. The fourth-order valence-electron chi connectivity index (χ4n) is 7.63. The molecular weight excluding hydrogens is 658 g/mol. The van der Waals surface area contributed by atoms with E-state index < -0.39 is 14.1 Å². The molecule has 0 aromatic heterocycles. The summed E-state index contributed by atoms with van der Waals surface area (Å²) in [5, 5.41) is 4.20. The van der Waals surface area contributed by atoms with Gasteiger partial charge in [0.15, 0.2) is 0 Å². The van der Waals surface area contributed by atoms with E-state index in [0.717, 1.165) is 11.3 Å². The average Bonchev–Trinajstić information content (AvgIpc) is 3.25. The topological polar surface area (TPSA) is 9.23 Å². The van der Waals surface area contributed by atoms with Gasteiger partial charge >= 0.3 is 0 Å². The van der Waals surface area contributed by atoms with Gasteiger partial charge in [-0.15, -0.1) is 0 Å². The van der Waals surface area contributed by atoms with Gasteiger partial charge in [-0.3, -0.25) is 0 Å². The third kappa shape index (κ3) is 7.95. The van der Waals surface area contributed by atoms with Crippen LogP contribution in [0, 0.1) is 0 Å². The van der Waals surface area contributed by atoms with Crippen molar-refractivity contribution in [2.45, 2.75) is 6.92 Å². The van der Waals surface area contributed by atoms with Gasteiger partial charge in [0.25, 0.3) is 0 Å². The summed E-state index contributed by atoms with van der Waals surface area (Å²) in [6.45, 7) is 2.69. The first-order valence-electron chi connectivity index (χ1n) is 18.5. The maximum absolute atomic E-state index is 5.81. The van der Waals surface area contributed by atoms with Crippen molar-refractivity contribution < 1.29 is 4.74 Å². The Morgan fingerprint density at radius 2 is 0.679 bits per heavy atom. The number of para-hydroxylation sites is 1. The Bertz CT molecular complexity index is 2060. The lowest BCUT2D eigenvalue weighted by Crippen LogP contribution is -2.74. The maximum Gasteiger partial charge on any atom is 0.127 e. The predicted molar refractivity (Wildman–Crippen MR) is 233 cm³/mol. The molecule has 258 valence electrons. The number of hydrogen-bond acceptors (Lipinski definition) is 1. The van der Waals surface area contributed by atoms with E-state index in [1.807, 2.05) is 19.1 Å². The third-order valence-electron chi connectivity index (χ3n) is 9.99. The second-order valence-corrected chi connectivity index (χ2v) is 15.6. The monoisotopic (exact) mass is 702 g/mol. The summed E-state index contributed by atoms with van der Waals surface area (Å²) in [5.41, 5.74) is 7.69. The molecule has 3 heteroatoms. The molecule has 8 aromatic carbocycles. The fraction of sp³-hybridized carbons (Fsp3) is 0.0400. The molecule has 0 spiro atoms. The molecule has 0 saturated carbocycles. The van der Waals surface area contributed by atoms with Crippen molar-refractivity contribution >= 4 is 51.8 Å². The van der Waals surface area contributed by atoms with Crippen molar-refractivity contribution in [2.75, 3.05) is 6.61 Å². The molecular formula is C50H44BOP. The molecule has 0 unspecified atom stereocenters. The van der Waals surface area contributed by atoms with Crippen LogP contribution in [0.3, 0.4) is 0 Å². The Kier molecular flexibility index (Phi) is 11.7. The number of ether oxygens (including phenoxy) is 1. The molecule has 0 radical (unpaired) electrons. The fourth-order valence-corrected chi connectivity index (χ4v) is 10.2. The molecule has 0 aliphatic heterocycles. The smallest absolute Gasteiger partial charge is 0.127 e. The molecule has 1 nitrogen and oxygen atoms in total. The Morgan fingerprint density at radius 3 is 1.06 bits per heavy atom. The summed E-state index contributed by atoms with van der Waals surface area (Å²) in [6, 6.07) is 82.5. The van der Waals surface area contributed by atoms with Crippen LogP contribution in [0.15, 0.2) is 231 Å². The standard InChI is InChI=1S/C26H23OP.C24H20B/c1-2-27-26-16-10-9-15-25(26)21-17-19-24(20-18-21)28(22-11-5-3-6-12-22)23-13-7-4-8-14-23;1-5-13-21(14-6-1)25(22-15-7-2-8-16-22,23-17-9-3-10-18-23)24-19-11-4-12-20-24/h3-20H,2H2,1H3;1-20H/q;-1/p+1. The largest absolute Gasteiger partial charge is 0.493 e. The van der Waals surface area contributed by atoms with Crippen LogP contribution in [-0.4, -0.2) is 12.8 Å². The Hall–Kier alpha value is -5.95. The van der Waals surface area contributed by atoms with Gasteiger partial charge in [-0.05, 0) is 55.0 Å². The zero-order chi connectivity index (χ0) is 36.1. The lowest BCUT2D eigenvalue weighted by molar-refractivity contribution is 0.341. The summed E-state index contributed by atoms with van der Waals surface area (Å²) in [6.07, 6.45) is -1.22. The second kappa shape index (κ2) is 17.5. The van der Waals surface area contributed by atoms with E-state index in [2.05, 4.69) is 218 Å². The lowest BCUT2D eigenvalue weighted by Gasteiger charge is -2.44. The van der Waals surface area contributed by atoms with Crippen LogP contribution < -0.4 is 42.5 Å². The lowest BCUT2D eigenvalue weighted by atomic mass is 9.13. The van der Waals surface area contributed by atoms with Crippen LogP contribution in [0.4, 0.5) is 0 Å². The first kappa shape index (κ1) is 35.5. The van der Waals surface area contributed by atoms with Crippen LogP contribution in [0.25, 0.3) is 11.1 Å². The molecule has 0 N–H and O–H groups in total. The average molecular weight is 703 g/mol. The summed E-state index contributed by atoms with van der Waals surface area (Å²) >= 11 is 0. The molecule has 0 saturated heterocycles.